The number of nitrogens with zero attached hydrogens (tertiary/aromatic N) is 1. The molecule has 4 rings (SSSR count). The van der Waals surface area contributed by atoms with Crippen LogP contribution in [0, 0.1) is 0 Å². The van der Waals surface area contributed by atoms with Gasteiger partial charge in [-0.15, -0.1) is 0 Å². The van der Waals surface area contributed by atoms with Gasteiger partial charge in [-0.05, 0) is 43.2 Å². The number of amides is 1. The van der Waals surface area contributed by atoms with Gasteiger partial charge in [-0.1, -0.05) is 35.3 Å². The highest BCUT2D eigenvalue weighted by Gasteiger charge is 2.56. The summed E-state index contributed by atoms with van der Waals surface area (Å²) in [5.41, 5.74) is 1.97. The van der Waals surface area contributed by atoms with Crippen LogP contribution >= 0.6 is 23.2 Å². The fourth-order valence-electron chi connectivity index (χ4n) is 3.50. The van der Waals surface area contributed by atoms with E-state index < -0.39 is 5.79 Å². The molecule has 2 aliphatic rings. The SMILES string of the molecule is CCOc1ccc(CN2C(=O)C3(OCCCO3)c3c(Cl)ccc(Cl)c32)cc1. The Morgan fingerprint density at radius 1 is 1.07 bits per heavy atom. The van der Waals surface area contributed by atoms with Gasteiger partial charge in [-0.2, -0.15) is 0 Å². The number of anilines is 1. The van der Waals surface area contributed by atoms with E-state index in [4.69, 9.17) is 37.4 Å². The molecule has 0 N–H and O–H groups in total. The number of carbonyl (C=O) groups excluding carboxylic acids is 1. The van der Waals surface area contributed by atoms with Gasteiger partial charge in [0.15, 0.2) is 0 Å². The van der Waals surface area contributed by atoms with Gasteiger partial charge < -0.3 is 19.1 Å². The monoisotopic (exact) mass is 407 g/mol. The molecule has 0 unspecified atom stereocenters. The van der Waals surface area contributed by atoms with Gasteiger partial charge in [0.2, 0.25) is 0 Å². The van der Waals surface area contributed by atoms with E-state index in [1.807, 2.05) is 31.2 Å². The second kappa shape index (κ2) is 7.32. The van der Waals surface area contributed by atoms with Gasteiger partial charge in [0.1, 0.15) is 5.75 Å². The Morgan fingerprint density at radius 2 is 1.74 bits per heavy atom. The van der Waals surface area contributed by atoms with Crippen LogP contribution < -0.4 is 9.64 Å². The molecule has 0 aliphatic carbocycles. The molecule has 0 radical (unpaired) electrons. The molecule has 1 fully saturated rings. The quantitative estimate of drug-likeness (QED) is 0.746. The van der Waals surface area contributed by atoms with Crippen molar-refractivity contribution in [1.82, 2.24) is 0 Å². The van der Waals surface area contributed by atoms with Crippen LogP contribution in [0.15, 0.2) is 36.4 Å². The molecule has 142 valence electrons. The first-order chi connectivity index (χ1) is 13.1. The minimum Gasteiger partial charge on any atom is -0.494 e. The van der Waals surface area contributed by atoms with E-state index in [0.717, 1.165) is 17.7 Å². The molecule has 7 heteroatoms. The van der Waals surface area contributed by atoms with Crippen LogP contribution in [0.3, 0.4) is 0 Å². The Labute approximate surface area is 167 Å². The Balaban J connectivity index is 1.74. The minimum atomic E-state index is -1.51. The van der Waals surface area contributed by atoms with Crippen LogP contribution in [0.2, 0.25) is 10.0 Å². The Hall–Kier alpha value is -1.79. The second-order valence-corrected chi connectivity index (χ2v) is 7.20. The van der Waals surface area contributed by atoms with Crippen LogP contribution in [-0.4, -0.2) is 25.7 Å². The summed E-state index contributed by atoms with van der Waals surface area (Å²) in [5, 5.41) is 0.835. The Morgan fingerprint density at radius 3 is 2.41 bits per heavy atom. The molecule has 1 saturated heterocycles. The molecule has 2 aromatic rings. The number of hydrogen-bond donors (Lipinski definition) is 0. The van der Waals surface area contributed by atoms with E-state index in [2.05, 4.69) is 0 Å². The lowest BCUT2D eigenvalue weighted by Gasteiger charge is -2.32. The molecule has 0 bridgehead atoms. The van der Waals surface area contributed by atoms with Crippen LogP contribution in [0.25, 0.3) is 0 Å². The number of hydrogen-bond acceptors (Lipinski definition) is 4. The summed E-state index contributed by atoms with van der Waals surface area (Å²) in [6, 6.07) is 10.9. The molecular formula is C20H19Cl2NO4. The zero-order valence-corrected chi connectivity index (χ0v) is 16.3. The highest BCUT2D eigenvalue weighted by molar-refractivity contribution is 6.38. The van der Waals surface area contributed by atoms with Crippen molar-refractivity contribution >= 4 is 34.8 Å². The van der Waals surface area contributed by atoms with E-state index in [1.165, 1.54) is 0 Å². The first-order valence-corrected chi connectivity index (χ1v) is 9.62. The van der Waals surface area contributed by atoms with Gasteiger partial charge in [0, 0.05) is 0 Å². The summed E-state index contributed by atoms with van der Waals surface area (Å²) in [6.45, 7) is 3.70. The molecule has 0 saturated carbocycles. The van der Waals surface area contributed by atoms with Crippen LogP contribution in [0.1, 0.15) is 24.5 Å². The summed E-state index contributed by atoms with van der Waals surface area (Å²) in [4.78, 5) is 14.9. The van der Waals surface area contributed by atoms with Gasteiger partial charge in [0.25, 0.3) is 11.7 Å². The van der Waals surface area contributed by atoms with Crippen molar-refractivity contribution in [2.24, 2.45) is 0 Å². The Bertz CT molecular complexity index is 863. The molecule has 0 aromatic heterocycles. The summed E-state index contributed by atoms with van der Waals surface area (Å²) in [7, 11) is 0. The maximum Gasteiger partial charge on any atom is 0.292 e. The molecule has 0 atom stereocenters. The second-order valence-electron chi connectivity index (χ2n) is 6.39. The summed E-state index contributed by atoms with van der Waals surface area (Å²) in [5.74, 6) is -1.03. The van der Waals surface area contributed by atoms with Gasteiger partial charge in [-0.25, -0.2) is 0 Å². The van der Waals surface area contributed by atoms with Crippen molar-refractivity contribution in [1.29, 1.82) is 0 Å². The van der Waals surface area contributed by atoms with E-state index in [0.29, 0.717) is 47.7 Å². The summed E-state index contributed by atoms with van der Waals surface area (Å²) in [6.07, 6.45) is 0.724. The zero-order valence-electron chi connectivity index (χ0n) is 14.8. The fraction of sp³-hybridized carbons (Fsp3) is 0.350. The third-order valence-corrected chi connectivity index (χ3v) is 5.30. The van der Waals surface area contributed by atoms with Crippen molar-refractivity contribution in [2.45, 2.75) is 25.7 Å². The fourth-order valence-corrected chi connectivity index (χ4v) is 4.03. The average Bonchev–Trinajstić information content (AvgIpc) is 2.91. The number of carbonyl (C=O) groups is 1. The van der Waals surface area contributed by atoms with E-state index in [9.17, 15) is 4.79 Å². The predicted octanol–water partition coefficient (Wildman–Crippen LogP) is 4.53. The molecule has 1 spiro atoms. The third kappa shape index (κ3) is 3.09. The normalized spacial score (nSPS) is 18.0. The molecule has 1 amide bonds. The molecule has 2 heterocycles. The van der Waals surface area contributed by atoms with Crippen molar-refractivity contribution in [2.75, 3.05) is 24.7 Å². The summed E-state index contributed by atoms with van der Waals surface area (Å²) >= 11 is 12.9. The van der Waals surface area contributed by atoms with E-state index >= 15 is 0 Å². The number of benzene rings is 2. The minimum absolute atomic E-state index is 0.305. The molecular weight excluding hydrogens is 389 g/mol. The highest BCUT2D eigenvalue weighted by atomic mass is 35.5. The topological polar surface area (TPSA) is 48.0 Å². The lowest BCUT2D eigenvalue weighted by Crippen LogP contribution is -2.47. The standard InChI is InChI=1S/C20H19Cl2NO4/c1-2-25-14-6-4-13(5-7-14)12-23-18-16(22)9-8-15(21)17(18)20(19(23)24)26-10-3-11-27-20/h4-9H,2-3,10-12H2,1H3. The molecule has 27 heavy (non-hydrogen) atoms. The van der Waals surface area contributed by atoms with Crippen LogP contribution in [-0.2, 0) is 26.6 Å². The number of fused-ring (bicyclic) bond motifs is 2. The van der Waals surface area contributed by atoms with E-state index in [1.54, 1.807) is 17.0 Å². The van der Waals surface area contributed by atoms with Crippen molar-refractivity contribution < 1.29 is 19.0 Å². The number of halogens is 2. The van der Waals surface area contributed by atoms with Gasteiger partial charge in [-0.3, -0.25) is 4.79 Å². The van der Waals surface area contributed by atoms with E-state index in [-0.39, 0.29) is 5.91 Å². The van der Waals surface area contributed by atoms with Gasteiger partial charge >= 0.3 is 0 Å². The maximum atomic E-state index is 13.4. The number of rotatable bonds is 4. The first kappa shape index (κ1) is 18.6. The zero-order chi connectivity index (χ0) is 19.0. The smallest absolute Gasteiger partial charge is 0.292 e. The van der Waals surface area contributed by atoms with Crippen molar-refractivity contribution in [3.63, 3.8) is 0 Å². The maximum absolute atomic E-state index is 13.4. The molecule has 2 aliphatic heterocycles. The number of ether oxygens (including phenoxy) is 3. The van der Waals surface area contributed by atoms with Crippen LogP contribution in [0.4, 0.5) is 5.69 Å². The highest BCUT2D eigenvalue weighted by Crippen LogP contribution is 2.51. The largest absolute Gasteiger partial charge is 0.494 e. The average molecular weight is 408 g/mol. The lowest BCUT2D eigenvalue weighted by molar-refractivity contribution is -0.256. The molecule has 2 aromatic carbocycles. The lowest BCUT2D eigenvalue weighted by atomic mass is 10.1. The Kier molecular flexibility index (Phi) is 5.03. The predicted molar refractivity (Wildman–Crippen MR) is 103 cm³/mol. The van der Waals surface area contributed by atoms with Gasteiger partial charge in [0.05, 0.1) is 47.7 Å². The first-order valence-electron chi connectivity index (χ1n) is 8.87. The van der Waals surface area contributed by atoms with Crippen molar-refractivity contribution in [3.8, 4) is 5.75 Å². The third-order valence-electron chi connectivity index (χ3n) is 4.68. The summed E-state index contributed by atoms with van der Waals surface area (Å²) < 4.78 is 17.2. The van der Waals surface area contributed by atoms with Crippen LogP contribution in [0.5, 0.6) is 5.75 Å². The van der Waals surface area contributed by atoms with Crippen molar-refractivity contribution in [3.05, 3.63) is 57.6 Å². The molecule has 5 nitrogen and oxygen atoms in total.